The predicted molar refractivity (Wildman–Crippen MR) is 70.9 cm³/mol. The van der Waals surface area contributed by atoms with E-state index < -0.39 is 0 Å². The van der Waals surface area contributed by atoms with Crippen LogP contribution in [-0.4, -0.2) is 53.9 Å². The van der Waals surface area contributed by atoms with E-state index in [9.17, 15) is 4.79 Å². The quantitative estimate of drug-likeness (QED) is 0.865. The second-order valence-corrected chi connectivity index (χ2v) is 5.49. The van der Waals surface area contributed by atoms with Crippen molar-refractivity contribution in [3.8, 4) is 6.07 Å². The average molecular weight is 258 g/mol. The molecule has 5 heteroatoms. The fraction of sp³-hybridized carbons (Fsp3) is 0.571. The lowest BCUT2D eigenvalue weighted by atomic mass is 10.2. The van der Waals surface area contributed by atoms with Crippen molar-refractivity contribution in [3.63, 3.8) is 0 Å². The average Bonchev–Trinajstić information content (AvgIpc) is 3.18. The van der Waals surface area contributed by atoms with Crippen molar-refractivity contribution < 1.29 is 4.79 Å². The summed E-state index contributed by atoms with van der Waals surface area (Å²) in [6.07, 6.45) is 2.24. The Kier molecular flexibility index (Phi) is 3.03. The summed E-state index contributed by atoms with van der Waals surface area (Å²) in [5.41, 5.74) is 2.17. The van der Waals surface area contributed by atoms with E-state index in [0.717, 1.165) is 44.7 Å². The number of nitrogens with one attached hydrogen (secondary N) is 1. The maximum atomic E-state index is 12.4. The molecule has 1 saturated heterocycles. The van der Waals surface area contributed by atoms with Gasteiger partial charge >= 0.3 is 0 Å². The number of H-pyrrole nitrogens is 1. The van der Waals surface area contributed by atoms with Gasteiger partial charge in [0.25, 0.3) is 5.91 Å². The van der Waals surface area contributed by atoms with E-state index in [2.05, 4.69) is 23.0 Å². The van der Waals surface area contributed by atoms with E-state index in [-0.39, 0.29) is 5.91 Å². The summed E-state index contributed by atoms with van der Waals surface area (Å²) in [4.78, 5) is 19.7. The molecule has 0 aromatic carbocycles. The molecule has 2 fully saturated rings. The van der Waals surface area contributed by atoms with Crippen molar-refractivity contribution >= 4 is 5.91 Å². The fourth-order valence-electron chi connectivity index (χ4n) is 2.55. The zero-order valence-electron chi connectivity index (χ0n) is 11.1. The van der Waals surface area contributed by atoms with Crippen molar-refractivity contribution in [2.75, 3.05) is 33.2 Å². The molecule has 1 aliphatic carbocycles. The van der Waals surface area contributed by atoms with E-state index in [1.165, 1.54) is 0 Å². The Bertz CT molecular complexity index is 530. The highest BCUT2D eigenvalue weighted by atomic mass is 16.2. The van der Waals surface area contributed by atoms with Gasteiger partial charge in [-0.25, -0.2) is 0 Å². The third-order valence-electron chi connectivity index (χ3n) is 3.98. The SMILES string of the molecule is CN1CCN(C(=O)c2cc(C#N)c(C3CC3)[nH]2)CC1. The van der Waals surface area contributed by atoms with Gasteiger partial charge in [-0.3, -0.25) is 4.79 Å². The maximum Gasteiger partial charge on any atom is 0.270 e. The number of carbonyl (C=O) groups is 1. The van der Waals surface area contributed by atoms with Gasteiger partial charge in [-0.1, -0.05) is 0 Å². The van der Waals surface area contributed by atoms with E-state index in [1.54, 1.807) is 6.07 Å². The fourth-order valence-corrected chi connectivity index (χ4v) is 2.55. The minimum Gasteiger partial charge on any atom is -0.353 e. The van der Waals surface area contributed by atoms with Crippen LogP contribution in [0.25, 0.3) is 0 Å². The lowest BCUT2D eigenvalue weighted by Gasteiger charge is -2.32. The number of nitrogens with zero attached hydrogens (tertiary/aromatic N) is 3. The first kappa shape index (κ1) is 12.2. The molecule has 0 unspecified atom stereocenters. The zero-order chi connectivity index (χ0) is 13.4. The molecule has 2 heterocycles. The van der Waals surface area contributed by atoms with Gasteiger partial charge in [-0.15, -0.1) is 0 Å². The smallest absolute Gasteiger partial charge is 0.270 e. The molecule has 2 aliphatic rings. The summed E-state index contributed by atoms with van der Waals surface area (Å²) in [7, 11) is 2.06. The predicted octanol–water partition coefficient (Wildman–Crippen LogP) is 1.15. The molecule has 3 rings (SSSR count). The highest BCUT2D eigenvalue weighted by Crippen LogP contribution is 2.41. The molecule has 1 aliphatic heterocycles. The summed E-state index contributed by atoms with van der Waals surface area (Å²) >= 11 is 0. The van der Waals surface area contributed by atoms with E-state index in [1.807, 2.05) is 4.90 Å². The van der Waals surface area contributed by atoms with Crippen LogP contribution in [0.1, 0.15) is 40.5 Å². The van der Waals surface area contributed by atoms with Crippen molar-refractivity contribution in [2.24, 2.45) is 0 Å². The molecule has 19 heavy (non-hydrogen) atoms. The topological polar surface area (TPSA) is 63.1 Å². The van der Waals surface area contributed by atoms with Crippen LogP contribution in [0.2, 0.25) is 0 Å². The molecule has 0 atom stereocenters. The lowest BCUT2D eigenvalue weighted by molar-refractivity contribution is 0.0659. The Morgan fingerprint density at radius 1 is 1.37 bits per heavy atom. The van der Waals surface area contributed by atoms with Crippen LogP contribution in [0.5, 0.6) is 0 Å². The number of hydrogen-bond acceptors (Lipinski definition) is 3. The second kappa shape index (κ2) is 4.71. The largest absolute Gasteiger partial charge is 0.353 e. The molecular formula is C14H18N4O. The highest BCUT2D eigenvalue weighted by Gasteiger charge is 2.30. The van der Waals surface area contributed by atoms with Gasteiger partial charge in [0.2, 0.25) is 0 Å². The standard InChI is InChI=1S/C14H18N4O/c1-17-4-6-18(7-5-17)14(19)12-8-11(9-15)13(16-12)10-2-3-10/h8,10,16H,2-7H2,1H3. The summed E-state index contributed by atoms with van der Waals surface area (Å²) in [6, 6.07) is 3.91. The minimum atomic E-state index is 0.0245. The number of aromatic amines is 1. The van der Waals surface area contributed by atoms with Gasteiger partial charge in [0.1, 0.15) is 11.8 Å². The maximum absolute atomic E-state index is 12.4. The Hall–Kier alpha value is -1.80. The minimum absolute atomic E-state index is 0.0245. The zero-order valence-corrected chi connectivity index (χ0v) is 11.1. The molecular weight excluding hydrogens is 240 g/mol. The molecule has 1 N–H and O–H groups in total. The van der Waals surface area contributed by atoms with Crippen LogP contribution >= 0.6 is 0 Å². The Morgan fingerprint density at radius 2 is 2.05 bits per heavy atom. The highest BCUT2D eigenvalue weighted by molar-refractivity contribution is 5.93. The molecule has 0 bridgehead atoms. The molecule has 0 radical (unpaired) electrons. The third kappa shape index (κ3) is 2.36. The molecule has 100 valence electrons. The van der Waals surface area contributed by atoms with Crippen molar-refractivity contribution in [1.82, 2.24) is 14.8 Å². The Morgan fingerprint density at radius 3 is 2.63 bits per heavy atom. The number of amides is 1. The molecule has 1 aromatic heterocycles. The van der Waals surface area contributed by atoms with Gasteiger partial charge in [0, 0.05) is 37.8 Å². The number of rotatable bonds is 2. The first-order valence-electron chi connectivity index (χ1n) is 6.80. The number of hydrogen-bond donors (Lipinski definition) is 1. The number of carbonyl (C=O) groups excluding carboxylic acids is 1. The van der Waals surface area contributed by atoms with Crippen LogP contribution < -0.4 is 0 Å². The monoisotopic (exact) mass is 258 g/mol. The summed E-state index contributed by atoms with van der Waals surface area (Å²) < 4.78 is 0. The summed E-state index contributed by atoms with van der Waals surface area (Å²) in [5, 5.41) is 9.13. The molecule has 1 aromatic rings. The molecule has 1 saturated carbocycles. The van der Waals surface area contributed by atoms with Crippen LogP contribution in [0, 0.1) is 11.3 Å². The Balaban J connectivity index is 1.78. The number of likely N-dealkylation sites (N-methyl/N-ethyl adjacent to an activating group) is 1. The molecule has 0 spiro atoms. The van der Waals surface area contributed by atoms with Gasteiger partial charge in [-0.2, -0.15) is 5.26 Å². The van der Waals surface area contributed by atoms with E-state index in [0.29, 0.717) is 17.2 Å². The number of aromatic nitrogens is 1. The van der Waals surface area contributed by atoms with Gasteiger partial charge < -0.3 is 14.8 Å². The van der Waals surface area contributed by atoms with Crippen LogP contribution in [0.3, 0.4) is 0 Å². The lowest BCUT2D eigenvalue weighted by Crippen LogP contribution is -2.47. The normalized spacial score (nSPS) is 20.3. The van der Waals surface area contributed by atoms with Gasteiger partial charge in [0.05, 0.1) is 5.56 Å². The van der Waals surface area contributed by atoms with Gasteiger partial charge in [-0.05, 0) is 26.0 Å². The van der Waals surface area contributed by atoms with Crippen molar-refractivity contribution in [2.45, 2.75) is 18.8 Å². The van der Waals surface area contributed by atoms with Crippen LogP contribution in [0.15, 0.2) is 6.07 Å². The molecule has 1 amide bonds. The third-order valence-corrected chi connectivity index (χ3v) is 3.98. The Labute approximate surface area is 112 Å². The van der Waals surface area contributed by atoms with E-state index in [4.69, 9.17) is 5.26 Å². The summed E-state index contributed by atoms with van der Waals surface area (Å²) in [6.45, 7) is 3.34. The van der Waals surface area contributed by atoms with Crippen molar-refractivity contribution in [1.29, 1.82) is 5.26 Å². The van der Waals surface area contributed by atoms with Crippen molar-refractivity contribution in [3.05, 3.63) is 23.0 Å². The number of nitriles is 1. The first-order chi connectivity index (χ1) is 9.19. The number of piperazine rings is 1. The summed E-state index contributed by atoms with van der Waals surface area (Å²) in [5.74, 6) is 0.486. The van der Waals surface area contributed by atoms with Gasteiger partial charge in [0.15, 0.2) is 0 Å². The second-order valence-electron chi connectivity index (χ2n) is 5.49. The first-order valence-corrected chi connectivity index (χ1v) is 6.80. The van der Waals surface area contributed by atoms with Crippen LogP contribution in [-0.2, 0) is 0 Å². The van der Waals surface area contributed by atoms with E-state index >= 15 is 0 Å². The van der Waals surface area contributed by atoms with Crippen LogP contribution in [0.4, 0.5) is 0 Å². The molecule has 5 nitrogen and oxygen atoms in total.